The highest BCUT2D eigenvalue weighted by Crippen LogP contribution is 2.18. The van der Waals surface area contributed by atoms with Gasteiger partial charge in [0.15, 0.2) is 0 Å². The van der Waals surface area contributed by atoms with Gasteiger partial charge in [-0.15, -0.1) is 0 Å². The summed E-state index contributed by atoms with van der Waals surface area (Å²) in [7, 11) is 0. The molecular formula is C19H33NO. The Hall–Kier alpha value is -1.02. The number of rotatable bonds is 8. The summed E-state index contributed by atoms with van der Waals surface area (Å²) in [5, 5.41) is 3.54. The molecule has 0 heterocycles. The molecule has 1 aromatic rings. The van der Waals surface area contributed by atoms with Gasteiger partial charge in [0.2, 0.25) is 0 Å². The molecule has 0 aliphatic heterocycles. The van der Waals surface area contributed by atoms with Gasteiger partial charge >= 0.3 is 0 Å². The molecule has 21 heavy (non-hydrogen) atoms. The number of hydrogen-bond acceptors (Lipinski definition) is 2. The van der Waals surface area contributed by atoms with Crippen LogP contribution in [0.4, 0.5) is 0 Å². The lowest BCUT2D eigenvalue weighted by atomic mass is 10.0. The van der Waals surface area contributed by atoms with E-state index >= 15 is 0 Å². The van der Waals surface area contributed by atoms with Crippen molar-refractivity contribution in [3.63, 3.8) is 0 Å². The first-order chi connectivity index (χ1) is 9.81. The molecule has 2 heteroatoms. The molecule has 1 aromatic carbocycles. The fourth-order valence-electron chi connectivity index (χ4n) is 2.11. The van der Waals surface area contributed by atoms with Crippen LogP contribution in [-0.4, -0.2) is 18.2 Å². The minimum Gasteiger partial charge on any atom is -0.489 e. The predicted octanol–water partition coefficient (Wildman–Crippen LogP) is 4.82. The summed E-state index contributed by atoms with van der Waals surface area (Å²) in [6, 6.07) is 8.61. The van der Waals surface area contributed by atoms with Crippen molar-refractivity contribution in [1.82, 2.24) is 5.32 Å². The number of benzene rings is 1. The van der Waals surface area contributed by atoms with E-state index in [0.717, 1.165) is 18.7 Å². The van der Waals surface area contributed by atoms with Crippen LogP contribution < -0.4 is 10.1 Å². The van der Waals surface area contributed by atoms with Crippen LogP contribution in [0.25, 0.3) is 0 Å². The van der Waals surface area contributed by atoms with Crippen LogP contribution in [0.5, 0.6) is 5.75 Å². The van der Waals surface area contributed by atoms with Crippen molar-refractivity contribution in [3.8, 4) is 5.75 Å². The molecule has 0 spiro atoms. The van der Waals surface area contributed by atoms with Crippen molar-refractivity contribution in [2.75, 3.05) is 6.54 Å². The second-order valence-electron chi connectivity index (χ2n) is 7.28. The average molecular weight is 291 g/mol. The first-order valence-corrected chi connectivity index (χ1v) is 8.32. The van der Waals surface area contributed by atoms with Gasteiger partial charge in [-0.05, 0) is 57.2 Å². The highest BCUT2D eigenvalue weighted by Gasteiger charge is 2.18. The van der Waals surface area contributed by atoms with E-state index in [4.69, 9.17) is 4.74 Å². The Morgan fingerprint density at radius 3 is 2.19 bits per heavy atom. The normalized spacial score (nSPS) is 13.5. The number of aryl methyl sites for hydroxylation is 1. The van der Waals surface area contributed by atoms with Crippen LogP contribution >= 0.6 is 0 Å². The Labute approximate surface area is 131 Å². The number of hydrogen-bond donors (Lipinski definition) is 1. The molecule has 0 amide bonds. The molecule has 0 radical (unpaired) electrons. The summed E-state index contributed by atoms with van der Waals surface area (Å²) >= 11 is 0. The minimum absolute atomic E-state index is 0.126. The van der Waals surface area contributed by atoms with Crippen molar-refractivity contribution in [2.24, 2.45) is 5.92 Å². The summed E-state index contributed by atoms with van der Waals surface area (Å²) in [5.41, 5.74) is 1.53. The first kappa shape index (κ1) is 18.0. The monoisotopic (exact) mass is 291 g/mol. The SMILES string of the molecule is CCCCc1ccc(OC(CNC(C)(C)C)C(C)C)cc1. The standard InChI is InChI=1S/C19H33NO/c1-7-8-9-16-10-12-17(13-11-16)21-18(15(2)3)14-20-19(4,5)6/h10-13,15,18,20H,7-9,14H2,1-6H3. The quantitative estimate of drug-likeness (QED) is 0.741. The van der Waals surface area contributed by atoms with Crippen LogP contribution in [0.15, 0.2) is 24.3 Å². The Kier molecular flexibility index (Phi) is 7.24. The summed E-state index contributed by atoms with van der Waals surface area (Å²) in [6.45, 7) is 14.1. The summed E-state index contributed by atoms with van der Waals surface area (Å²) in [6.07, 6.45) is 3.86. The van der Waals surface area contributed by atoms with Crippen LogP contribution in [0.3, 0.4) is 0 Å². The Morgan fingerprint density at radius 1 is 1.10 bits per heavy atom. The van der Waals surface area contributed by atoms with Gasteiger partial charge in [-0.3, -0.25) is 0 Å². The molecule has 1 atom stereocenters. The van der Waals surface area contributed by atoms with Gasteiger partial charge in [0.1, 0.15) is 11.9 Å². The summed E-state index contributed by atoms with van der Waals surface area (Å²) < 4.78 is 6.17. The van der Waals surface area contributed by atoms with Gasteiger partial charge in [0.25, 0.3) is 0 Å². The van der Waals surface area contributed by atoms with Crippen LogP contribution in [0, 0.1) is 5.92 Å². The zero-order chi connectivity index (χ0) is 15.9. The summed E-state index contributed by atoms with van der Waals surface area (Å²) in [4.78, 5) is 0. The molecule has 120 valence electrons. The van der Waals surface area contributed by atoms with Gasteiger partial charge in [0.05, 0.1) is 0 Å². The van der Waals surface area contributed by atoms with Gasteiger partial charge in [-0.1, -0.05) is 39.3 Å². The lowest BCUT2D eigenvalue weighted by molar-refractivity contribution is 0.139. The van der Waals surface area contributed by atoms with Crippen LogP contribution in [0.1, 0.15) is 59.9 Å². The van der Waals surface area contributed by atoms with Gasteiger partial charge in [-0.2, -0.15) is 0 Å². The van der Waals surface area contributed by atoms with E-state index < -0.39 is 0 Å². The largest absolute Gasteiger partial charge is 0.489 e. The fourth-order valence-corrected chi connectivity index (χ4v) is 2.11. The maximum atomic E-state index is 6.17. The minimum atomic E-state index is 0.126. The topological polar surface area (TPSA) is 21.3 Å². The van der Waals surface area contributed by atoms with Crippen LogP contribution in [0.2, 0.25) is 0 Å². The van der Waals surface area contributed by atoms with Crippen molar-refractivity contribution >= 4 is 0 Å². The van der Waals surface area contributed by atoms with E-state index in [9.17, 15) is 0 Å². The first-order valence-electron chi connectivity index (χ1n) is 8.32. The van der Waals surface area contributed by atoms with Gasteiger partial charge in [0, 0.05) is 12.1 Å². The van der Waals surface area contributed by atoms with Gasteiger partial charge in [-0.25, -0.2) is 0 Å². The highest BCUT2D eigenvalue weighted by atomic mass is 16.5. The molecule has 0 saturated heterocycles. The third-order valence-corrected chi connectivity index (χ3v) is 3.61. The molecule has 0 bridgehead atoms. The van der Waals surface area contributed by atoms with E-state index in [2.05, 4.69) is 71.1 Å². The predicted molar refractivity (Wildman–Crippen MR) is 92.1 cm³/mol. The van der Waals surface area contributed by atoms with E-state index in [0.29, 0.717) is 5.92 Å². The maximum Gasteiger partial charge on any atom is 0.119 e. The smallest absolute Gasteiger partial charge is 0.119 e. The van der Waals surface area contributed by atoms with E-state index in [1.165, 1.54) is 18.4 Å². The highest BCUT2D eigenvalue weighted by molar-refractivity contribution is 5.27. The fraction of sp³-hybridized carbons (Fsp3) is 0.684. The molecule has 2 nitrogen and oxygen atoms in total. The zero-order valence-electron chi connectivity index (χ0n) is 14.7. The molecule has 1 unspecified atom stereocenters. The zero-order valence-corrected chi connectivity index (χ0v) is 14.7. The lowest BCUT2D eigenvalue weighted by Gasteiger charge is -2.28. The Balaban J connectivity index is 2.58. The summed E-state index contributed by atoms with van der Waals surface area (Å²) in [5.74, 6) is 1.46. The molecule has 0 aliphatic rings. The Bertz CT molecular complexity index is 389. The van der Waals surface area contributed by atoms with E-state index in [1.807, 2.05) is 0 Å². The number of ether oxygens (including phenoxy) is 1. The molecule has 0 fully saturated rings. The van der Waals surface area contributed by atoms with E-state index in [1.54, 1.807) is 0 Å². The lowest BCUT2D eigenvalue weighted by Crippen LogP contribution is -2.44. The van der Waals surface area contributed by atoms with Crippen molar-refractivity contribution < 1.29 is 4.74 Å². The van der Waals surface area contributed by atoms with Crippen molar-refractivity contribution in [1.29, 1.82) is 0 Å². The molecule has 0 saturated carbocycles. The third-order valence-electron chi connectivity index (χ3n) is 3.61. The van der Waals surface area contributed by atoms with Crippen molar-refractivity contribution in [2.45, 2.75) is 72.4 Å². The maximum absolute atomic E-state index is 6.17. The van der Waals surface area contributed by atoms with Crippen molar-refractivity contribution in [3.05, 3.63) is 29.8 Å². The number of nitrogens with one attached hydrogen (secondary N) is 1. The van der Waals surface area contributed by atoms with Crippen LogP contribution in [-0.2, 0) is 6.42 Å². The second-order valence-corrected chi connectivity index (χ2v) is 7.28. The third kappa shape index (κ3) is 7.52. The van der Waals surface area contributed by atoms with E-state index in [-0.39, 0.29) is 11.6 Å². The number of unbranched alkanes of at least 4 members (excludes halogenated alkanes) is 1. The molecule has 1 rings (SSSR count). The molecular weight excluding hydrogens is 258 g/mol. The average Bonchev–Trinajstić information content (AvgIpc) is 2.41. The molecule has 0 aliphatic carbocycles. The molecule has 1 N–H and O–H groups in total. The molecule has 0 aromatic heterocycles. The Morgan fingerprint density at radius 2 is 1.71 bits per heavy atom. The second kappa shape index (κ2) is 8.43. The van der Waals surface area contributed by atoms with Gasteiger partial charge < -0.3 is 10.1 Å².